The van der Waals surface area contributed by atoms with E-state index in [1.54, 1.807) is 4.90 Å². The van der Waals surface area contributed by atoms with Crippen LogP contribution >= 0.6 is 0 Å². The number of nitrogens with zero attached hydrogens (tertiary/aromatic N) is 4. The highest BCUT2D eigenvalue weighted by molar-refractivity contribution is 7.89. The van der Waals surface area contributed by atoms with Gasteiger partial charge in [-0.3, -0.25) is 25.0 Å². The third-order valence-electron chi connectivity index (χ3n) is 6.03. The summed E-state index contributed by atoms with van der Waals surface area (Å²) in [5, 5.41) is 23.0. The minimum absolute atomic E-state index is 0.144. The maximum atomic E-state index is 13.4. The van der Waals surface area contributed by atoms with Crippen LogP contribution in [0.25, 0.3) is 0 Å². The molecule has 2 atom stereocenters. The second-order valence-electron chi connectivity index (χ2n) is 8.03. The van der Waals surface area contributed by atoms with Crippen LogP contribution < -0.4 is 9.73 Å². The van der Waals surface area contributed by atoms with E-state index in [0.29, 0.717) is 12.0 Å². The maximum Gasteiger partial charge on any atom is 0.269 e. The highest BCUT2D eigenvalue weighted by atomic mass is 32.2. The molecule has 0 aromatic heterocycles. The number of amides is 1. The van der Waals surface area contributed by atoms with E-state index in [-0.39, 0.29) is 16.3 Å². The number of nitrogens with one attached hydrogen (secondary N) is 1. The zero-order valence-electron chi connectivity index (χ0n) is 17.8. The number of para-hydroxylation sites is 1. The van der Waals surface area contributed by atoms with Crippen molar-refractivity contribution in [3.05, 3.63) is 104 Å². The monoisotopic (exact) mass is 495 g/mol. The lowest BCUT2D eigenvalue weighted by Crippen LogP contribution is -2.46. The summed E-state index contributed by atoms with van der Waals surface area (Å²) < 4.78 is 26.2. The van der Waals surface area contributed by atoms with E-state index < -0.39 is 38.0 Å². The number of non-ortho nitro benzene ring substituents is 2. The topological polar surface area (TPSA) is 156 Å². The van der Waals surface area contributed by atoms with Gasteiger partial charge in [0.25, 0.3) is 27.3 Å². The number of hydrogen-bond donors (Lipinski definition) is 1. The Hall–Kier alpha value is -4.36. The predicted molar refractivity (Wildman–Crippen MR) is 123 cm³/mol. The van der Waals surface area contributed by atoms with Gasteiger partial charge in [-0.15, -0.1) is 4.83 Å². The fourth-order valence-electron chi connectivity index (χ4n) is 4.43. The van der Waals surface area contributed by atoms with Crippen LogP contribution in [-0.4, -0.2) is 35.2 Å². The maximum absolute atomic E-state index is 13.4. The Balaban J connectivity index is 1.55. The molecule has 12 nitrogen and oxygen atoms in total. The van der Waals surface area contributed by atoms with Crippen molar-refractivity contribution >= 4 is 33.0 Å². The number of rotatable bonds is 6. The van der Waals surface area contributed by atoms with Crippen LogP contribution in [0.3, 0.4) is 0 Å². The quantitative estimate of drug-likeness (QED) is 0.404. The van der Waals surface area contributed by atoms with E-state index in [1.807, 2.05) is 24.3 Å². The van der Waals surface area contributed by atoms with Crippen LogP contribution in [0.15, 0.2) is 77.7 Å². The minimum Gasteiger partial charge on any atom is -0.333 e. The zero-order chi connectivity index (χ0) is 24.9. The molecule has 1 N–H and O–H groups in total. The lowest BCUT2D eigenvalue weighted by Gasteiger charge is -2.31. The number of fused-ring (bicyclic) bond motifs is 3. The largest absolute Gasteiger partial charge is 0.333 e. The second-order valence-corrected chi connectivity index (χ2v) is 9.69. The van der Waals surface area contributed by atoms with Gasteiger partial charge >= 0.3 is 0 Å². The number of anilines is 1. The number of benzene rings is 3. The standard InChI is InChI=1S/C22H17N5O7S/c28-22-20-13-15-3-1-2-4-19(15)24(20)21(14-5-7-16(8-6-14)26(29)30)25(22)23-35(33,34)18-11-9-17(10-12-18)27(31)32/h1-12,20-21,23H,13H2/t20-,21?/m0/s1. The molecule has 1 unspecified atom stereocenters. The van der Waals surface area contributed by atoms with Crippen molar-refractivity contribution < 1.29 is 23.1 Å². The third-order valence-corrected chi connectivity index (χ3v) is 7.36. The average molecular weight is 495 g/mol. The molecule has 0 aliphatic carbocycles. The van der Waals surface area contributed by atoms with E-state index in [9.17, 15) is 33.4 Å². The van der Waals surface area contributed by atoms with Crippen LogP contribution in [0, 0.1) is 20.2 Å². The fourth-order valence-corrected chi connectivity index (χ4v) is 5.47. The molecule has 13 heteroatoms. The Morgan fingerprint density at radius 1 is 0.857 bits per heavy atom. The summed E-state index contributed by atoms with van der Waals surface area (Å²) in [6.45, 7) is 0. The third kappa shape index (κ3) is 3.76. The molecule has 5 rings (SSSR count). The molecule has 2 heterocycles. The van der Waals surface area contributed by atoms with Crippen molar-refractivity contribution in [1.82, 2.24) is 9.84 Å². The fraction of sp³-hybridized carbons (Fsp3) is 0.136. The summed E-state index contributed by atoms with van der Waals surface area (Å²) >= 11 is 0. The first-order valence-electron chi connectivity index (χ1n) is 10.4. The van der Waals surface area contributed by atoms with Crippen molar-refractivity contribution in [2.75, 3.05) is 4.90 Å². The highest BCUT2D eigenvalue weighted by Crippen LogP contribution is 2.45. The van der Waals surface area contributed by atoms with Crippen LogP contribution in [0.5, 0.6) is 0 Å². The van der Waals surface area contributed by atoms with Gasteiger partial charge in [0, 0.05) is 36.4 Å². The molecule has 2 aliphatic heterocycles. The van der Waals surface area contributed by atoms with Crippen LogP contribution in [-0.2, 0) is 21.2 Å². The molecule has 0 bridgehead atoms. The summed E-state index contributed by atoms with van der Waals surface area (Å²) in [4.78, 5) is 38.1. The molecule has 35 heavy (non-hydrogen) atoms. The van der Waals surface area contributed by atoms with Gasteiger partial charge in [0.15, 0.2) is 0 Å². The SMILES string of the molecule is O=C1[C@@H]2Cc3ccccc3N2C(c2ccc([N+](=O)[O-])cc2)N1NS(=O)(=O)c1ccc([N+](=O)[O-])cc1. The Labute approximate surface area is 198 Å². The number of carbonyl (C=O) groups is 1. The van der Waals surface area contributed by atoms with Crippen LogP contribution in [0.1, 0.15) is 17.3 Å². The Morgan fingerprint density at radius 3 is 2.03 bits per heavy atom. The van der Waals surface area contributed by atoms with Crippen molar-refractivity contribution in [3.63, 3.8) is 0 Å². The van der Waals surface area contributed by atoms with Crippen LogP contribution in [0.2, 0.25) is 0 Å². The first-order valence-corrected chi connectivity index (χ1v) is 11.9. The smallest absolute Gasteiger partial charge is 0.269 e. The molecule has 1 amide bonds. The molecular formula is C22H17N5O7S. The number of nitro benzene ring substituents is 2. The average Bonchev–Trinajstić information content (AvgIpc) is 3.34. The molecule has 178 valence electrons. The van der Waals surface area contributed by atoms with Crippen LogP contribution in [0.4, 0.5) is 17.1 Å². The van der Waals surface area contributed by atoms with E-state index in [2.05, 4.69) is 4.83 Å². The van der Waals surface area contributed by atoms with Crippen molar-refractivity contribution in [2.24, 2.45) is 0 Å². The number of nitro groups is 2. The van der Waals surface area contributed by atoms with Crippen molar-refractivity contribution in [1.29, 1.82) is 0 Å². The first kappa shape index (κ1) is 22.4. The summed E-state index contributed by atoms with van der Waals surface area (Å²) in [6.07, 6.45) is -0.543. The van der Waals surface area contributed by atoms with Crippen molar-refractivity contribution in [2.45, 2.75) is 23.5 Å². The first-order chi connectivity index (χ1) is 16.7. The van der Waals surface area contributed by atoms with Gasteiger partial charge in [0.05, 0.1) is 14.7 Å². The minimum atomic E-state index is -4.29. The second kappa shape index (κ2) is 8.14. The summed E-state index contributed by atoms with van der Waals surface area (Å²) in [7, 11) is -4.29. The number of carbonyl (C=O) groups excluding carboxylic acids is 1. The Bertz CT molecular complexity index is 1460. The molecule has 0 saturated carbocycles. The molecule has 2 aliphatic rings. The van der Waals surface area contributed by atoms with E-state index in [4.69, 9.17) is 0 Å². The van der Waals surface area contributed by atoms with E-state index in [0.717, 1.165) is 40.5 Å². The molecular weight excluding hydrogens is 478 g/mol. The van der Waals surface area contributed by atoms with Gasteiger partial charge in [0.1, 0.15) is 12.2 Å². The Morgan fingerprint density at radius 2 is 1.43 bits per heavy atom. The van der Waals surface area contributed by atoms with Gasteiger partial charge in [0.2, 0.25) is 0 Å². The van der Waals surface area contributed by atoms with Gasteiger partial charge in [-0.25, -0.2) is 13.4 Å². The molecule has 0 radical (unpaired) electrons. The summed E-state index contributed by atoms with van der Waals surface area (Å²) in [5.74, 6) is -0.491. The number of sulfonamides is 1. The molecule has 3 aromatic rings. The number of hydrazine groups is 1. The van der Waals surface area contributed by atoms with E-state index in [1.165, 1.54) is 24.3 Å². The molecule has 1 saturated heterocycles. The van der Waals surface area contributed by atoms with Gasteiger partial charge < -0.3 is 4.90 Å². The highest BCUT2D eigenvalue weighted by Gasteiger charge is 2.52. The van der Waals surface area contributed by atoms with E-state index >= 15 is 0 Å². The summed E-state index contributed by atoms with van der Waals surface area (Å²) in [6, 6.07) is 16.5. The van der Waals surface area contributed by atoms with Gasteiger partial charge in [-0.05, 0) is 41.5 Å². The lowest BCUT2D eigenvalue weighted by molar-refractivity contribution is -0.385. The van der Waals surface area contributed by atoms with Gasteiger partial charge in [-0.1, -0.05) is 18.2 Å². The molecule has 3 aromatic carbocycles. The normalized spacial score (nSPS) is 18.9. The lowest BCUT2D eigenvalue weighted by atomic mass is 10.1. The number of hydrogen-bond acceptors (Lipinski definition) is 8. The summed E-state index contributed by atoms with van der Waals surface area (Å²) in [5.41, 5.74) is 1.73. The van der Waals surface area contributed by atoms with Gasteiger partial charge in [-0.2, -0.15) is 0 Å². The molecule has 1 fully saturated rings. The molecule has 0 spiro atoms. The Kier molecular flexibility index (Phi) is 5.22. The predicted octanol–water partition coefficient (Wildman–Crippen LogP) is 2.67. The zero-order valence-corrected chi connectivity index (χ0v) is 18.7. The van der Waals surface area contributed by atoms with Crippen molar-refractivity contribution in [3.8, 4) is 0 Å².